The van der Waals surface area contributed by atoms with Gasteiger partial charge in [0.05, 0.1) is 16.6 Å². The molecule has 1 aliphatic rings. The van der Waals surface area contributed by atoms with Gasteiger partial charge in [-0.05, 0) is 108 Å². The van der Waals surface area contributed by atoms with E-state index in [-0.39, 0.29) is 78.4 Å². The number of imidazole rings is 1. The lowest BCUT2D eigenvalue weighted by atomic mass is 9.74. The quantitative estimate of drug-likeness (QED) is 0.192. The normalized spacial score (nSPS) is 20.7. The third kappa shape index (κ3) is 4.05. The Morgan fingerprint density at radius 3 is 2.06 bits per heavy atom. The van der Waals surface area contributed by atoms with Crippen LogP contribution in [0.25, 0.3) is 61.4 Å². The molecule has 0 bridgehead atoms. The molecule has 0 aliphatic carbocycles. The van der Waals surface area contributed by atoms with Gasteiger partial charge in [0.2, 0.25) is 0 Å². The van der Waals surface area contributed by atoms with Crippen LogP contribution in [0.3, 0.4) is 0 Å². The summed E-state index contributed by atoms with van der Waals surface area (Å²) >= 11 is 0. The highest BCUT2D eigenvalue weighted by molar-refractivity contribution is 5.98. The summed E-state index contributed by atoms with van der Waals surface area (Å²) in [5.74, 6) is -0.444. The molecule has 0 saturated heterocycles. The van der Waals surface area contributed by atoms with Gasteiger partial charge in [0.25, 0.3) is 0 Å². The van der Waals surface area contributed by atoms with Crippen LogP contribution in [0.1, 0.15) is 71.8 Å². The molecule has 0 saturated carbocycles. The van der Waals surface area contributed by atoms with Crippen molar-refractivity contribution in [3.8, 4) is 44.9 Å². The first-order chi connectivity index (χ1) is 30.5. The van der Waals surface area contributed by atoms with Crippen LogP contribution in [0, 0.1) is 27.4 Å². The maximum absolute atomic E-state index is 8.77. The number of ether oxygens (including phenoxy) is 1. The van der Waals surface area contributed by atoms with Gasteiger partial charge >= 0.3 is 5.84 Å². The molecule has 8 aromatic rings. The topological polar surface area (TPSA) is 39.7 Å². The monoisotopic (exact) mass is 642 g/mol. The van der Waals surface area contributed by atoms with Crippen molar-refractivity contribution in [3.05, 3.63) is 143 Å². The van der Waals surface area contributed by atoms with Gasteiger partial charge in [-0.2, -0.15) is 4.98 Å². The molecule has 48 heavy (non-hydrogen) atoms. The number of aromatic nitrogens is 2. The van der Waals surface area contributed by atoms with E-state index in [1.165, 1.54) is 60.7 Å². The molecule has 0 spiro atoms. The molecule has 9 rings (SSSR count). The second-order valence-electron chi connectivity index (χ2n) is 11.9. The molecule has 0 fully saturated rings. The van der Waals surface area contributed by atoms with Gasteiger partial charge in [0, 0.05) is 52.3 Å². The third-order valence-electron chi connectivity index (χ3n) is 9.07. The van der Waals surface area contributed by atoms with Crippen LogP contribution in [0.4, 0.5) is 0 Å². The van der Waals surface area contributed by atoms with Crippen LogP contribution in [-0.2, 0) is 5.41 Å². The van der Waals surface area contributed by atoms with Crippen molar-refractivity contribution in [1.82, 2.24) is 9.38 Å². The van der Waals surface area contributed by atoms with Crippen LogP contribution in [-0.4, -0.2) is 9.38 Å². The zero-order chi connectivity index (χ0) is 47.9. The molecule has 4 nitrogen and oxygen atoms in total. The van der Waals surface area contributed by atoms with Crippen LogP contribution < -0.4 is 4.74 Å². The number of fused-ring (bicyclic) bond motifs is 7. The van der Waals surface area contributed by atoms with E-state index in [9.17, 15) is 0 Å². The van der Waals surface area contributed by atoms with Crippen LogP contribution in [0.2, 0.25) is 0 Å². The van der Waals surface area contributed by atoms with Crippen molar-refractivity contribution in [1.29, 1.82) is 0 Å². The van der Waals surface area contributed by atoms with Gasteiger partial charge in [0.1, 0.15) is 11.5 Å². The number of rotatable bonds is 3. The van der Waals surface area contributed by atoms with Gasteiger partial charge in [0.15, 0.2) is 5.58 Å². The maximum Gasteiger partial charge on any atom is 0.307 e. The molecule has 1 aliphatic heterocycles. The van der Waals surface area contributed by atoms with E-state index in [1.54, 1.807) is 28.7 Å². The lowest BCUT2D eigenvalue weighted by molar-refractivity contribution is 0.419. The van der Waals surface area contributed by atoms with E-state index in [4.69, 9.17) is 33.8 Å². The predicted molar refractivity (Wildman–Crippen MR) is 196 cm³/mol. The second-order valence-corrected chi connectivity index (χ2v) is 11.9. The van der Waals surface area contributed by atoms with E-state index < -0.39 is 57.8 Å². The Kier molecular flexibility index (Phi) is 3.30. The van der Waals surface area contributed by atoms with Crippen molar-refractivity contribution in [2.45, 2.75) is 46.5 Å². The molecule has 0 amide bonds. The van der Waals surface area contributed by atoms with Crippen LogP contribution in [0.15, 0.2) is 114 Å². The Bertz CT molecular complexity index is 3260. The highest BCUT2D eigenvalue weighted by Gasteiger charge is 2.36. The highest BCUT2D eigenvalue weighted by Crippen LogP contribution is 2.52. The summed E-state index contributed by atoms with van der Waals surface area (Å²) in [6, 6.07) is 25.7. The summed E-state index contributed by atoms with van der Waals surface area (Å²) < 4.78 is 170. The second kappa shape index (κ2) is 10.2. The summed E-state index contributed by atoms with van der Waals surface area (Å²) in [6.07, 6.45) is 0. The number of hydrogen-bond donors (Lipinski definition) is 0. The lowest BCUT2D eigenvalue weighted by Gasteiger charge is -2.36. The minimum Gasteiger partial charge on any atom is -0.456 e. The number of nitrogens with zero attached hydrogens (tertiary/aromatic N) is 2. The molecular weight excluding hydrogens is 588 g/mol. The molecule has 4 heteroatoms. The molecule has 0 N–H and O–H groups in total. The van der Waals surface area contributed by atoms with E-state index in [1.807, 2.05) is 6.07 Å². The zero-order valence-electron chi connectivity index (χ0n) is 43.1. The highest BCUT2D eigenvalue weighted by atomic mass is 16.5. The average Bonchev–Trinajstić information content (AvgIpc) is 3.75. The van der Waals surface area contributed by atoms with Crippen molar-refractivity contribution in [2.24, 2.45) is 0 Å². The summed E-state index contributed by atoms with van der Waals surface area (Å²) in [5, 5.41) is 0. The van der Waals surface area contributed by atoms with E-state index >= 15 is 0 Å². The zero-order valence-corrected chi connectivity index (χ0v) is 25.1. The number of aryl methyl sites for hydroxylation is 4. The van der Waals surface area contributed by atoms with Crippen molar-refractivity contribution in [3.63, 3.8) is 0 Å². The molecule has 234 valence electrons. The number of benzene rings is 6. The van der Waals surface area contributed by atoms with Crippen LogP contribution >= 0.6 is 0 Å². The minimum absolute atomic E-state index is 0.0477. The maximum atomic E-state index is 8.77. The SMILES string of the molecule is [2H]C([2H])([2H])c1ccc(-c2c(C([2H])([2H])[2H])ccc3c2Oc2ccccc2C3(C([2H])([2H])[2H])C([2H])([2H])[2H])cc1-c1cc(-c2c(C([2H])([2H])[2H])ccc3c2oc2nc4ccccc4n23)ccc1C([2H])([2H])[2H]. The van der Waals surface area contributed by atoms with Gasteiger partial charge < -0.3 is 9.15 Å². The molecule has 0 unspecified atom stereocenters. The van der Waals surface area contributed by atoms with E-state index in [0.29, 0.717) is 16.6 Å². The lowest BCUT2D eigenvalue weighted by Crippen LogP contribution is -2.24. The fourth-order valence-electron chi connectivity index (χ4n) is 6.77. The largest absolute Gasteiger partial charge is 0.456 e. The Balaban J connectivity index is 1.38. The van der Waals surface area contributed by atoms with Gasteiger partial charge in [-0.15, -0.1) is 0 Å². The van der Waals surface area contributed by atoms with Crippen molar-refractivity contribution < 1.29 is 33.8 Å². The van der Waals surface area contributed by atoms with Gasteiger partial charge in [-0.25, -0.2) is 0 Å². The molecule has 0 atom stereocenters. The first kappa shape index (κ1) is 15.5. The Hall–Kier alpha value is -5.61. The van der Waals surface area contributed by atoms with Crippen molar-refractivity contribution >= 4 is 28.0 Å². The van der Waals surface area contributed by atoms with E-state index in [0.717, 1.165) is 18.2 Å². The standard InChI is InChI=1S/C44H36N2O2/c1-25-15-19-29(39-27(3)17-21-34-41(39)47-38-14-10-7-11-33(38)44(34,5)6)23-31(25)32-24-30(20-16-26(32)2)40-28(4)18-22-37-42(40)48-43-45-35-12-8-9-13-36(35)46(37)43/h7-24H,1-6H3/i1D3,2D3,3D3,4D3,5D3,6D3. The summed E-state index contributed by atoms with van der Waals surface area (Å²) in [6.45, 7) is -18.1. The Morgan fingerprint density at radius 1 is 0.625 bits per heavy atom. The van der Waals surface area contributed by atoms with Crippen molar-refractivity contribution in [2.75, 3.05) is 0 Å². The molecule has 2 aromatic heterocycles. The predicted octanol–water partition coefficient (Wildman–Crippen LogP) is 11.9. The number of para-hydroxylation sites is 3. The Labute approximate surface area is 305 Å². The summed E-state index contributed by atoms with van der Waals surface area (Å²) in [5.41, 5.74) is -3.44. The fraction of sp³-hybridized carbons (Fsp3) is 0.159. The average molecular weight is 643 g/mol. The number of oxazole rings is 1. The summed E-state index contributed by atoms with van der Waals surface area (Å²) in [4.78, 5) is 4.58. The Morgan fingerprint density at radius 2 is 1.29 bits per heavy atom. The first-order valence-corrected chi connectivity index (χ1v) is 15.1. The van der Waals surface area contributed by atoms with E-state index in [2.05, 4.69) is 4.98 Å². The van der Waals surface area contributed by atoms with Gasteiger partial charge in [-0.1, -0.05) is 86.5 Å². The molecule has 3 heterocycles. The molecular formula is C44H36N2O2. The molecule has 6 aromatic carbocycles. The third-order valence-corrected chi connectivity index (χ3v) is 9.07. The fourth-order valence-corrected chi connectivity index (χ4v) is 6.77. The molecule has 0 radical (unpaired) electrons. The number of hydrogen-bond acceptors (Lipinski definition) is 3. The smallest absolute Gasteiger partial charge is 0.307 e. The minimum atomic E-state index is -3.28. The summed E-state index contributed by atoms with van der Waals surface area (Å²) in [7, 11) is 0. The first-order valence-electron chi connectivity index (χ1n) is 24.1. The van der Waals surface area contributed by atoms with Crippen LogP contribution in [0.5, 0.6) is 11.5 Å². The van der Waals surface area contributed by atoms with Gasteiger partial charge in [-0.3, -0.25) is 4.40 Å².